The van der Waals surface area contributed by atoms with E-state index in [1.165, 1.54) is 30.0 Å². The Morgan fingerprint density at radius 3 is 2.65 bits per heavy atom. The summed E-state index contributed by atoms with van der Waals surface area (Å²) in [6.07, 6.45) is 2.84. The topological polar surface area (TPSA) is 27.1 Å². The van der Waals surface area contributed by atoms with Gasteiger partial charge in [-0.15, -0.1) is 0 Å². The molecule has 1 aromatic heterocycles. The second-order valence-corrected chi connectivity index (χ2v) is 9.60. The molecule has 0 spiro atoms. The summed E-state index contributed by atoms with van der Waals surface area (Å²) in [5, 5.41) is 1.14. The molecule has 4 aromatic rings. The van der Waals surface area contributed by atoms with Gasteiger partial charge in [-0.2, -0.15) is 0 Å². The Morgan fingerprint density at radius 2 is 1.88 bits per heavy atom. The van der Waals surface area contributed by atoms with E-state index in [9.17, 15) is 8.78 Å². The number of nitrogens with zero attached hydrogens (tertiary/aromatic N) is 2. The summed E-state index contributed by atoms with van der Waals surface area (Å²) in [5.41, 5.74) is 4.54. The van der Waals surface area contributed by atoms with Crippen LogP contribution in [-0.2, 0) is 12.2 Å². The van der Waals surface area contributed by atoms with Crippen LogP contribution in [0.2, 0.25) is 5.02 Å². The first-order chi connectivity index (χ1) is 16.5. The molecule has 1 atom stereocenters. The largest absolute Gasteiger partial charge is 0.497 e. The van der Waals surface area contributed by atoms with Crippen LogP contribution in [0.1, 0.15) is 41.3 Å². The number of hydrogen-bond acceptors (Lipinski definition) is 3. The highest BCUT2D eigenvalue weighted by atomic mass is 35.5. The summed E-state index contributed by atoms with van der Waals surface area (Å²) in [6, 6.07) is 19.2. The van der Waals surface area contributed by atoms with Crippen molar-refractivity contribution in [2.75, 3.05) is 7.11 Å². The van der Waals surface area contributed by atoms with Gasteiger partial charge in [-0.25, -0.2) is 13.8 Å². The highest BCUT2D eigenvalue weighted by molar-refractivity contribution is 7.98. The van der Waals surface area contributed by atoms with Gasteiger partial charge >= 0.3 is 0 Å². The molecule has 5 rings (SSSR count). The van der Waals surface area contributed by atoms with Crippen LogP contribution in [0.25, 0.3) is 5.69 Å². The zero-order chi connectivity index (χ0) is 23.7. The summed E-state index contributed by atoms with van der Waals surface area (Å²) in [6.45, 7) is 0. The molecule has 0 fully saturated rings. The molecule has 0 saturated heterocycles. The summed E-state index contributed by atoms with van der Waals surface area (Å²) in [5.74, 6) is 0.629. The Kier molecular flexibility index (Phi) is 6.61. The molecule has 1 aliphatic carbocycles. The second-order valence-electron chi connectivity index (χ2n) is 8.25. The predicted molar refractivity (Wildman–Crippen MR) is 132 cm³/mol. The molecular formula is C27H23ClF2N2OS. The first-order valence-electron chi connectivity index (χ1n) is 11.1. The lowest BCUT2D eigenvalue weighted by atomic mass is 9.84. The first kappa shape index (κ1) is 22.9. The number of aromatic nitrogens is 2. The SMILES string of the molecule is COc1cccc(C2CCCc3nc(SCc4c(F)cccc4Cl)n(-c4ccc(F)cc4)c32)c1. The van der Waals surface area contributed by atoms with Gasteiger partial charge in [-0.3, -0.25) is 4.57 Å². The van der Waals surface area contributed by atoms with Crippen molar-refractivity contribution in [2.45, 2.75) is 36.1 Å². The molecule has 0 aliphatic heterocycles. The lowest BCUT2D eigenvalue weighted by Gasteiger charge is -2.25. The molecule has 0 amide bonds. The third-order valence-electron chi connectivity index (χ3n) is 6.18. The van der Waals surface area contributed by atoms with Gasteiger partial charge in [0.25, 0.3) is 0 Å². The van der Waals surface area contributed by atoms with Crippen LogP contribution in [0, 0.1) is 11.6 Å². The molecule has 0 N–H and O–H groups in total. The minimum atomic E-state index is -0.334. The number of thioether (sulfide) groups is 1. The molecular weight excluding hydrogens is 474 g/mol. The highest BCUT2D eigenvalue weighted by Crippen LogP contribution is 2.42. The van der Waals surface area contributed by atoms with E-state index in [0.29, 0.717) is 16.3 Å². The van der Waals surface area contributed by atoms with E-state index in [-0.39, 0.29) is 17.6 Å². The molecule has 3 aromatic carbocycles. The minimum absolute atomic E-state index is 0.114. The smallest absolute Gasteiger partial charge is 0.173 e. The van der Waals surface area contributed by atoms with Gasteiger partial charge in [-0.05, 0) is 73.4 Å². The van der Waals surface area contributed by atoms with Crippen molar-refractivity contribution in [1.82, 2.24) is 9.55 Å². The number of benzene rings is 3. The number of halogens is 3. The normalized spacial score (nSPS) is 15.2. The molecule has 7 heteroatoms. The maximum absolute atomic E-state index is 14.4. The molecule has 3 nitrogen and oxygen atoms in total. The van der Waals surface area contributed by atoms with E-state index in [4.69, 9.17) is 21.3 Å². The number of rotatable bonds is 6. The van der Waals surface area contributed by atoms with Crippen LogP contribution >= 0.6 is 23.4 Å². The van der Waals surface area contributed by atoms with Crippen molar-refractivity contribution >= 4 is 23.4 Å². The summed E-state index contributed by atoms with van der Waals surface area (Å²) in [7, 11) is 1.66. The lowest BCUT2D eigenvalue weighted by molar-refractivity contribution is 0.413. The monoisotopic (exact) mass is 496 g/mol. The minimum Gasteiger partial charge on any atom is -0.497 e. The van der Waals surface area contributed by atoms with E-state index in [1.54, 1.807) is 31.4 Å². The zero-order valence-electron chi connectivity index (χ0n) is 18.6. The quantitative estimate of drug-likeness (QED) is 0.257. The molecule has 1 unspecified atom stereocenters. The Balaban J connectivity index is 1.61. The number of ether oxygens (including phenoxy) is 1. The second kappa shape index (κ2) is 9.80. The van der Waals surface area contributed by atoms with E-state index in [1.807, 2.05) is 12.1 Å². The predicted octanol–water partition coefficient (Wildman–Crippen LogP) is 7.57. The standard InChI is InChI=1S/C27H23ClF2N2OS/c1-33-20-6-2-5-17(15-20)21-7-3-10-25-26(21)32(19-13-11-18(29)12-14-19)27(31-25)34-16-22-23(28)8-4-9-24(22)30/h2,4-6,8-9,11-15,21H,3,7,10,16H2,1H3. The Bertz CT molecular complexity index is 1300. The van der Waals surface area contributed by atoms with E-state index in [2.05, 4.69) is 16.7 Å². The first-order valence-corrected chi connectivity index (χ1v) is 12.5. The average Bonchev–Trinajstić information content (AvgIpc) is 3.23. The van der Waals surface area contributed by atoms with Gasteiger partial charge in [0.05, 0.1) is 18.5 Å². The Labute approximate surface area is 206 Å². The van der Waals surface area contributed by atoms with Gasteiger partial charge in [0.1, 0.15) is 17.4 Å². The maximum Gasteiger partial charge on any atom is 0.173 e. The molecule has 174 valence electrons. The van der Waals surface area contributed by atoms with Crippen LogP contribution in [-0.4, -0.2) is 16.7 Å². The number of fused-ring (bicyclic) bond motifs is 1. The third kappa shape index (κ3) is 4.44. The zero-order valence-corrected chi connectivity index (χ0v) is 20.2. The van der Waals surface area contributed by atoms with Crippen LogP contribution in [0.4, 0.5) is 8.78 Å². The molecule has 1 heterocycles. The Morgan fingerprint density at radius 1 is 1.09 bits per heavy atom. The maximum atomic E-state index is 14.4. The third-order valence-corrected chi connectivity index (χ3v) is 7.50. The number of hydrogen-bond donors (Lipinski definition) is 0. The van der Waals surface area contributed by atoms with Gasteiger partial charge < -0.3 is 4.74 Å². The van der Waals surface area contributed by atoms with Gasteiger partial charge in [0, 0.05) is 27.9 Å². The van der Waals surface area contributed by atoms with Crippen molar-refractivity contribution < 1.29 is 13.5 Å². The molecule has 34 heavy (non-hydrogen) atoms. The molecule has 1 aliphatic rings. The van der Waals surface area contributed by atoms with Crippen LogP contribution in [0.3, 0.4) is 0 Å². The van der Waals surface area contributed by atoms with E-state index in [0.717, 1.165) is 52.8 Å². The van der Waals surface area contributed by atoms with E-state index < -0.39 is 0 Å². The lowest BCUT2D eigenvalue weighted by Crippen LogP contribution is -2.15. The van der Waals surface area contributed by atoms with Crippen LogP contribution in [0.5, 0.6) is 5.75 Å². The van der Waals surface area contributed by atoms with Crippen molar-refractivity contribution in [3.05, 3.63) is 106 Å². The molecule has 0 bridgehead atoms. The van der Waals surface area contributed by atoms with Crippen LogP contribution < -0.4 is 4.74 Å². The fourth-order valence-corrected chi connectivity index (χ4v) is 5.92. The van der Waals surface area contributed by atoms with Gasteiger partial charge in [0.15, 0.2) is 5.16 Å². The summed E-state index contributed by atoms with van der Waals surface area (Å²) in [4.78, 5) is 4.98. The summed E-state index contributed by atoms with van der Waals surface area (Å²) < 4.78 is 35.7. The fourth-order valence-electron chi connectivity index (χ4n) is 4.53. The van der Waals surface area contributed by atoms with Crippen molar-refractivity contribution in [3.63, 3.8) is 0 Å². The van der Waals surface area contributed by atoms with Crippen molar-refractivity contribution in [2.24, 2.45) is 0 Å². The number of aryl methyl sites for hydroxylation is 1. The van der Waals surface area contributed by atoms with Crippen LogP contribution in [0.15, 0.2) is 71.9 Å². The molecule has 0 radical (unpaired) electrons. The number of imidazole rings is 1. The Hall–Kier alpha value is -2.83. The van der Waals surface area contributed by atoms with Gasteiger partial charge in [-0.1, -0.05) is 41.6 Å². The van der Waals surface area contributed by atoms with E-state index >= 15 is 0 Å². The highest BCUT2D eigenvalue weighted by Gasteiger charge is 2.30. The summed E-state index contributed by atoms with van der Waals surface area (Å²) >= 11 is 7.70. The molecule has 0 saturated carbocycles. The average molecular weight is 497 g/mol. The number of methoxy groups -OCH3 is 1. The van der Waals surface area contributed by atoms with Crippen molar-refractivity contribution in [3.8, 4) is 11.4 Å². The van der Waals surface area contributed by atoms with Gasteiger partial charge in [0.2, 0.25) is 0 Å². The van der Waals surface area contributed by atoms with Crippen molar-refractivity contribution in [1.29, 1.82) is 0 Å². The fraction of sp³-hybridized carbons (Fsp3) is 0.222.